The van der Waals surface area contributed by atoms with Crippen LogP contribution in [0.1, 0.15) is 24.1 Å². The zero-order chi connectivity index (χ0) is 21.1. The standard InChI is InChI=1S/C23H25N3O4/c1-16(27)25-9-11-26(12-10-25)22(23(28)29)20-14-24-21-13-18(7-8-19(20)21)30-15-17-5-3-2-4-6-17/h2-8,13-14,22,24H,9-12,15H2,1H3,(H,28,29)/t22-/m1/s1. The largest absolute Gasteiger partial charge is 0.489 e. The van der Waals surface area contributed by atoms with Crippen molar-refractivity contribution in [2.45, 2.75) is 19.6 Å². The fourth-order valence-electron chi connectivity index (χ4n) is 3.97. The second-order valence-corrected chi connectivity index (χ2v) is 7.51. The van der Waals surface area contributed by atoms with E-state index < -0.39 is 12.0 Å². The maximum absolute atomic E-state index is 12.1. The number of carbonyl (C=O) groups is 2. The van der Waals surface area contributed by atoms with Crippen LogP contribution in [0.15, 0.2) is 54.7 Å². The summed E-state index contributed by atoms with van der Waals surface area (Å²) >= 11 is 0. The van der Waals surface area contributed by atoms with Gasteiger partial charge in [-0.1, -0.05) is 30.3 Å². The number of nitrogens with zero attached hydrogens (tertiary/aromatic N) is 2. The number of H-pyrrole nitrogens is 1. The predicted octanol–water partition coefficient (Wildman–Crippen LogP) is 3.04. The van der Waals surface area contributed by atoms with Crippen molar-refractivity contribution in [3.63, 3.8) is 0 Å². The quantitative estimate of drug-likeness (QED) is 0.656. The average molecular weight is 407 g/mol. The van der Waals surface area contributed by atoms with Gasteiger partial charge < -0.3 is 19.7 Å². The molecule has 2 N–H and O–H groups in total. The Morgan fingerprint density at radius 2 is 1.83 bits per heavy atom. The van der Waals surface area contributed by atoms with Gasteiger partial charge in [0.05, 0.1) is 0 Å². The Morgan fingerprint density at radius 1 is 1.10 bits per heavy atom. The van der Waals surface area contributed by atoms with E-state index in [-0.39, 0.29) is 5.91 Å². The molecule has 0 aliphatic carbocycles. The molecule has 1 amide bonds. The summed E-state index contributed by atoms with van der Waals surface area (Å²) in [6.07, 6.45) is 1.77. The minimum Gasteiger partial charge on any atom is -0.489 e. The number of carboxylic acid groups (broad SMARTS) is 1. The fourth-order valence-corrected chi connectivity index (χ4v) is 3.97. The molecule has 1 aromatic heterocycles. The second-order valence-electron chi connectivity index (χ2n) is 7.51. The van der Waals surface area contributed by atoms with Crippen molar-refractivity contribution in [2.24, 2.45) is 0 Å². The molecule has 4 rings (SSSR count). The predicted molar refractivity (Wildman–Crippen MR) is 113 cm³/mol. The molecule has 30 heavy (non-hydrogen) atoms. The van der Waals surface area contributed by atoms with Crippen LogP contribution in [0.4, 0.5) is 0 Å². The van der Waals surface area contributed by atoms with Gasteiger partial charge in [-0.15, -0.1) is 0 Å². The van der Waals surface area contributed by atoms with Gasteiger partial charge >= 0.3 is 5.97 Å². The van der Waals surface area contributed by atoms with Gasteiger partial charge in [0.1, 0.15) is 18.4 Å². The van der Waals surface area contributed by atoms with Gasteiger partial charge in [0.15, 0.2) is 0 Å². The van der Waals surface area contributed by atoms with E-state index in [0.29, 0.717) is 32.8 Å². The maximum atomic E-state index is 12.1. The van der Waals surface area contributed by atoms with Gasteiger partial charge in [0, 0.05) is 61.8 Å². The van der Waals surface area contributed by atoms with E-state index in [2.05, 4.69) is 4.98 Å². The van der Waals surface area contributed by atoms with Crippen LogP contribution < -0.4 is 4.74 Å². The SMILES string of the molecule is CC(=O)N1CCN([C@@H](C(=O)O)c2c[nH]c3cc(OCc4ccccc4)ccc23)CC1. The molecule has 3 aromatic rings. The number of piperazine rings is 1. The Kier molecular flexibility index (Phi) is 5.72. The van der Waals surface area contributed by atoms with Gasteiger partial charge in [-0.2, -0.15) is 0 Å². The van der Waals surface area contributed by atoms with Crippen molar-refractivity contribution in [2.75, 3.05) is 26.2 Å². The monoisotopic (exact) mass is 407 g/mol. The number of hydrogen-bond donors (Lipinski definition) is 2. The molecule has 0 spiro atoms. The highest BCUT2D eigenvalue weighted by Crippen LogP contribution is 2.31. The zero-order valence-corrected chi connectivity index (χ0v) is 16.9. The van der Waals surface area contributed by atoms with Crippen LogP contribution in [0.3, 0.4) is 0 Å². The Morgan fingerprint density at radius 3 is 2.50 bits per heavy atom. The lowest BCUT2D eigenvalue weighted by molar-refractivity contribution is -0.144. The summed E-state index contributed by atoms with van der Waals surface area (Å²) in [5.41, 5.74) is 2.65. The number of nitrogens with one attached hydrogen (secondary N) is 1. The third-order valence-corrected chi connectivity index (χ3v) is 5.59. The van der Waals surface area contributed by atoms with Gasteiger partial charge in [-0.3, -0.25) is 14.5 Å². The van der Waals surface area contributed by atoms with Crippen molar-refractivity contribution in [3.8, 4) is 5.75 Å². The minimum atomic E-state index is -0.892. The number of rotatable bonds is 6. The zero-order valence-electron chi connectivity index (χ0n) is 16.9. The second kappa shape index (κ2) is 8.59. The van der Waals surface area contributed by atoms with Crippen molar-refractivity contribution in [1.29, 1.82) is 0 Å². The molecule has 7 heteroatoms. The van der Waals surface area contributed by atoms with E-state index in [9.17, 15) is 14.7 Å². The smallest absolute Gasteiger partial charge is 0.325 e. The highest BCUT2D eigenvalue weighted by atomic mass is 16.5. The normalized spacial score (nSPS) is 15.8. The molecule has 0 bridgehead atoms. The molecule has 0 unspecified atom stereocenters. The number of aromatic nitrogens is 1. The number of amides is 1. The first-order valence-corrected chi connectivity index (χ1v) is 10.0. The van der Waals surface area contributed by atoms with E-state index in [1.807, 2.05) is 53.4 Å². The first-order chi connectivity index (χ1) is 14.5. The number of hydrogen-bond acceptors (Lipinski definition) is 4. The van der Waals surface area contributed by atoms with Crippen molar-refractivity contribution in [1.82, 2.24) is 14.8 Å². The van der Waals surface area contributed by atoms with Crippen LogP contribution in [-0.4, -0.2) is 57.9 Å². The molecule has 2 aromatic carbocycles. The number of fused-ring (bicyclic) bond motifs is 1. The summed E-state index contributed by atoms with van der Waals surface area (Å²) in [6, 6.07) is 14.8. The third kappa shape index (κ3) is 4.16. The molecule has 7 nitrogen and oxygen atoms in total. The molecule has 1 atom stereocenters. The summed E-state index contributed by atoms with van der Waals surface area (Å²) < 4.78 is 5.88. The molecule has 1 saturated heterocycles. The third-order valence-electron chi connectivity index (χ3n) is 5.59. The molecule has 1 aliphatic rings. The minimum absolute atomic E-state index is 0.0247. The lowest BCUT2D eigenvalue weighted by Gasteiger charge is -2.37. The number of benzene rings is 2. The molecule has 1 fully saturated rings. The van der Waals surface area contributed by atoms with Crippen LogP contribution in [0, 0.1) is 0 Å². The van der Waals surface area contributed by atoms with Gasteiger partial charge in [-0.05, 0) is 17.7 Å². The topological polar surface area (TPSA) is 85.9 Å². The molecule has 2 heterocycles. The van der Waals surface area contributed by atoms with Crippen molar-refractivity contribution in [3.05, 3.63) is 65.9 Å². The number of carbonyl (C=O) groups excluding carboxylic acids is 1. The molecule has 0 saturated carbocycles. The van der Waals surface area contributed by atoms with Gasteiger partial charge in [0.25, 0.3) is 0 Å². The van der Waals surface area contributed by atoms with E-state index in [0.717, 1.165) is 27.8 Å². The number of aliphatic carboxylic acids is 1. The van der Waals surface area contributed by atoms with Gasteiger partial charge in [-0.25, -0.2) is 0 Å². The summed E-state index contributed by atoms with van der Waals surface area (Å²) in [5.74, 6) is -0.144. The first kappa shape index (κ1) is 20.0. The van der Waals surface area contributed by atoms with Crippen LogP contribution in [-0.2, 0) is 16.2 Å². The lowest BCUT2D eigenvalue weighted by Crippen LogP contribution is -2.50. The Labute approximate surface area is 174 Å². The fraction of sp³-hybridized carbons (Fsp3) is 0.304. The molecular formula is C23H25N3O4. The molecule has 0 radical (unpaired) electrons. The van der Waals surface area contributed by atoms with Crippen molar-refractivity contribution >= 4 is 22.8 Å². The number of aromatic amines is 1. The molecular weight excluding hydrogens is 382 g/mol. The number of carboxylic acids is 1. The summed E-state index contributed by atoms with van der Waals surface area (Å²) in [4.78, 5) is 30.5. The first-order valence-electron chi connectivity index (χ1n) is 10.0. The van der Waals surface area contributed by atoms with E-state index in [1.54, 1.807) is 18.0 Å². The lowest BCUT2D eigenvalue weighted by atomic mass is 10.0. The Balaban J connectivity index is 1.52. The van der Waals surface area contributed by atoms with E-state index in [1.165, 1.54) is 0 Å². The van der Waals surface area contributed by atoms with Crippen LogP contribution in [0.25, 0.3) is 10.9 Å². The molecule has 156 valence electrons. The number of ether oxygens (including phenoxy) is 1. The van der Waals surface area contributed by atoms with E-state index in [4.69, 9.17) is 4.74 Å². The van der Waals surface area contributed by atoms with Crippen LogP contribution in [0.2, 0.25) is 0 Å². The Bertz CT molecular complexity index is 1040. The van der Waals surface area contributed by atoms with Crippen LogP contribution >= 0.6 is 0 Å². The highest BCUT2D eigenvalue weighted by Gasteiger charge is 2.32. The van der Waals surface area contributed by atoms with Crippen molar-refractivity contribution < 1.29 is 19.4 Å². The Hall–Kier alpha value is -3.32. The average Bonchev–Trinajstić information content (AvgIpc) is 3.16. The maximum Gasteiger partial charge on any atom is 0.325 e. The van der Waals surface area contributed by atoms with Gasteiger partial charge in [0.2, 0.25) is 5.91 Å². The summed E-state index contributed by atoms with van der Waals surface area (Å²) in [7, 11) is 0. The van der Waals surface area contributed by atoms with E-state index >= 15 is 0 Å². The summed E-state index contributed by atoms with van der Waals surface area (Å²) in [6.45, 7) is 4.15. The molecule has 1 aliphatic heterocycles. The summed E-state index contributed by atoms with van der Waals surface area (Å²) in [5, 5.41) is 10.8. The highest BCUT2D eigenvalue weighted by molar-refractivity contribution is 5.90. The van der Waals surface area contributed by atoms with Crippen LogP contribution in [0.5, 0.6) is 5.75 Å².